The monoisotopic (exact) mass is 315 g/mol. The van der Waals surface area contributed by atoms with Crippen LogP contribution in [0, 0.1) is 41.5 Å². The molecule has 0 aliphatic carbocycles. The standard InChI is InChI=1S/C18H22ClN3/c1-11-7-13(3)17(14(4)8-11)20-21-22(19)18-15(5)9-12(2)10-16(18)6/h7-10H,1-6H3. The Balaban J connectivity index is 2.35. The third-order valence-electron chi connectivity index (χ3n) is 3.68. The van der Waals surface area contributed by atoms with Crippen LogP contribution < -0.4 is 4.53 Å². The van der Waals surface area contributed by atoms with Gasteiger partial charge in [0.1, 0.15) is 0 Å². The fourth-order valence-corrected chi connectivity index (χ4v) is 3.22. The van der Waals surface area contributed by atoms with Crippen LogP contribution in [-0.4, -0.2) is 0 Å². The highest BCUT2D eigenvalue weighted by molar-refractivity contribution is 6.25. The van der Waals surface area contributed by atoms with E-state index in [1.807, 2.05) is 27.7 Å². The molecule has 0 heterocycles. The van der Waals surface area contributed by atoms with Crippen LogP contribution in [0.3, 0.4) is 0 Å². The molecule has 0 atom stereocenters. The van der Waals surface area contributed by atoms with Crippen molar-refractivity contribution in [3.8, 4) is 0 Å². The van der Waals surface area contributed by atoms with Crippen molar-refractivity contribution < 1.29 is 0 Å². The van der Waals surface area contributed by atoms with Crippen LogP contribution in [0.2, 0.25) is 0 Å². The van der Waals surface area contributed by atoms with Crippen molar-refractivity contribution in [2.75, 3.05) is 4.53 Å². The average Bonchev–Trinajstić information content (AvgIpc) is 2.35. The summed E-state index contributed by atoms with van der Waals surface area (Å²) in [6.07, 6.45) is 0. The first-order valence-corrected chi connectivity index (χ1v) is 7.66. The van der Waals surface area contributed by atoms with Crippen molar-refractivity contribution in [3.05, 3.63) is 57.6 Å². The number of halogens is 1. The van der Waals surface area contributed by atoms with Gasteiger partial charge in [0.05, 0.1) is 11.4 Å². The molecule has 116 valence electrons. The van der Waals surface area contributed by atoms with Gasteiger partial charge in [-0.2, -0.15) is 4.53 Å². The van der Waals surface area contributed by atoms with Crippen molar-refractivity contribution >= 4 is 23.2 Å². The molecule has 0 aliphatic heterocycles. The van der Waals surface area contributed by atoms with E-state index in [4.69, 9.17) is 11.8 Å². The van der Waals surface area contributed by atoms with Crippen LogP contribution >= 0.6 is 11.8 Å². The third-order valence-corrected chi connectivity index (χ3v) is 3.92. The summed E-state index contributed by atoms with van der Waals surface area (Å²) < 4.78 is 1.34. The van der Waals surface area contributed by atoms with Gasteiger partial charge in [0.2, 0.25) is 0 Å². The molecular weight excluding hydrogens is 294 g/mol. The van der Waals surface area contributed by atoms with Gasteiger partial charge in [0, 0.05) is 11.8 Å². The lowest BCUT2D eigenvalue weighted by Crippen LogP contribution is -2.04. The number of rotatable bonds is 3. The second-order valence-corrected chi connectivity index (χ2v) is 6.26. The van der Waals surface area contributed by atoms with Crippen molar-refractivity contribution in [2.45, 2.75) is 41.5 Å². The molecule has 0 saturated carbocycles. The van der Waals surface area contributed by atoms with Gasteiger partial charge >= 0.3 is 0 Å². The molecule has 2 aromatic rings. The Bertz CT molecular complexity index is 689. The van der Waals surface area contributed by atoms with E-state index >= 15 is 0 Å². The topological polar surface area (TPSA) is 28.0 Å². The summed E-state index contributed by atoms with van der Waals surface area (Å²) in [4.78, 5) is 0. The number of benzene rings is 2. The highest BCUT2D eigenvalue weighted by Gasteiger charge is 2.11. The van der Waals surface area contributed by atoms with Gasteiger partial charge in [0.15, 0.2) is 0 Å². The summed E-state index contributed by atoms with van der Waals surface area (Å²) in [6.45, 7) is 12.3. The zero-order valence-corrected chi connectivity index (χ0v) is 14.8. The van der Waals surface area contributed by atoms with E-state index in [9.17, 15) is 0 Å². The molecule has 0 radical (unpaired) electrons. The van der Waals surface area contributed by atoms with Crippen LogP contribution in [0.15, 0.2) is 34.6 Å². The number of nitrogens with zero attached hydrogens (tertiary/aromatic N) is 3. The number of hydrogen-bond acceptors (Lipinski definition) is 2. The average molecular weight is 316 g/mol. The number of aryl methyl sites for hydroxylation is 6. The highest BCUT2D eigenvalue weighted by atomic mass is 35.5. The van der Waals surface area contributed by atoms with E-state index in [0.29, 0.717) is 0 Å². The summed E-state index contributed by atoms with van der Waals surface area (Å²) in [5.74, 6) is 0. The maximum Gasteiger partial charge on any atom is 0.0933 e. The molecule has 0 amide bonds. The van der Waals surface area contributed by atoms with Crippen LogP contribution in [0.5, 0.6) is 0 Å². The van der Waals surface area contributed by atoms with Crippen LogP contribution in [0.25, 0.3) is 0 Å². The van der Waals surface area contributed by atoms with E-state index in [1.54, 1.807) is 0 Å². The first kappa shape index (κ1) is 16.5. The van der Waals surface area contributed by atoms with Crippen molar-refractivity contribution in [3.63, 3.8) is 0 Å². The van der Waals surface area contributed by atoms with Gasteiger partial charge in [-0.1, -0.05) is 35.4 Å². The Morgan fingerprint density at radius 2 is 1.14 bits per heavy atom. The number of anilines is 1. The minimum absolute atomic E-state index is 0.874. The van der Waals surface area contributed by atoms with Crippen molar-refractivity contribution in [1.82, 2.24) is 0 Å². The number of hydrogen-bond donors (Lipinski definition) is 0. The Kier molecular flexibility index (Phi) is 4.87. The quantitative estimate of drug-likeness (QED) is 0.376. The normalized spacial score (nSPS) is 11.2. The molecular formula is C18H22ClN3. The summed E-state index contributed by atoms with van der Waals surface area (Å²) in [5.41, 5.74) is 8.57. The van der Waals surface area contributed by atoms with E-state index < -0.39 is 0 Å². The molecule has 3 nitrogen and oxygen atoms in total. The van der Waals surface area contributed by atoms with Gasteiger partial charge < -0.3 is 0 Å². The lowest BCUT2D eigenvalue weighted by Gasteiger charge is -2.15. The molecule has 2 rings (SSSR count). The van der Waals surface area contributed by atoms with Gasteiger partial charge in [-0.25, -0.2) is 0 Å². The molecule has 4 heteroatoms. The van der Waals surface area contributed by atoms with Crippen molar-refractivity contribution in [2.24, 2.45) is 10.3 Å². The molecule has 0 bridgehead atoms. The Morgan fingerprint density at radius 3 is 1.59 bits per heavy atom. The maximum absolute atomic E-state index is 6.33. The predicted molar refractivity (Wildman–Crippen MR) is 94.2 cm³/mol. The SMILES string of the molecule is Cc1cc(C)c(N=NN(Cl)c2c(C)cc(C)cc2C)c(C)c1. The smallest absolute Gasteiger partial charge is 0.0933 e. The minimum Gasteiger partial charge on any atom is -0.153 e. The van der Waals surface area contributed by atoms with Crippen LogP contribution in [0.4, 0.5) is 11.4 Å². The zero-order chi connectivity index (χ0) is 16.4. The maximum atomic E-state index is 6.33. The second-order valence-electron chi connectivity index (χ2n) is 5.94. The molecule has 0 saturated heterocycles. The lowest BCUT2D eigenvalue weighted by molar-refractivity contribution is 1.01. The predicted octanol–water partition coefficient (Wildman–Crippen LogP) is 6.20. The third kappa shape index (κ3) is 3.47. The fourth-order valence-electron chi connectivity index (χ4n) is 2.92. The van der Waals surface area contributed by atoms with E-state index in [0.717, 1.165) is 33.6 Å². The molecule has 0 spiro atoms. The molecule has 22 heavy (non-hydrogen) atoms. The lowest BCUT2D eigenvalue weighted by atomic mass is 10.1. The molecule has 0 aromatic heterocycles. The van der Waals surface area contributed by atoms with Gasteiger partial charge in [0.25, 0.3) is 0 Å². The van der Waals surface area contributed by atoms with Crippen molar-refractivity contribution in [1.29, 1.82) is 0 Å². The summed E-state index contributed by atoms with van der Waals surface area (Å²) in [7, 11) is 0. The second kappa shape index (κ2) is 6.49. The first-order chi connectivity index (χ1) is 10.3. The summed E-state index contributed by atoms with van der Waals surface area (Å²) in [6, 6.07) is 8.38. The van der Waals surface area contributed by atoms with E-state index in [1.165, 1.54) is 15.7 Å². The van der Waals surface area contributed by atoms with Gasteiger partial charge in [-0.3, -0.25) is 0 Å². The van der Waals surface area contributed by atoms with Crippen LogP contribution in [0.1, 0.15) is 33.4 Å². The molecule has 0 N–H and O–H groups in total. The fraction of sp³-hybridized carbons (Fsp3) is 0.333. The largest absolute Gasteiger partial charge is 0.153 e. The Hall–Kier alpha value is -1.87. The summed E-state index contributed by atoms with van der Waals surface area (Å²) >= 11 is 6.33. The molecule has 0 aliphatic rings. The van der Waals surface area contributed by atoms with E-state index in [2.05, 4.69) is 48.5 Å². The highest BCUT2D eigenvalue weighted by Crippen LogP contribution is 2.30. The summed E-state index contributed by atoms with van der Waals surface area (Å²) in [5, 5.41) is 8.54. The van der Waals surface area contributed by atoms with E-state index in [-0.39, 0.29) is 0 Å². The molecule has 0 unspecified atom stereocenters. The zero-order valence-electron chi connectivity index (χ0n) is 14.0. The van der Waals surface area contributed by atoms with Gasteiger partial charge in [-0.15, -0.1) is 5.11 Å². The van der Waals surface area contributed by atoms with Gasteiger partial charge in [-0.05, 0) is 69.0 Å². The minimum atomic E-state index is 0.874. The first-order valence-electron chi connectivity index (χ1n) is 7.33. The van der Waals surface area contributed by atoms with Crippen LogP contribution in [-0.2, 0) is 0 Å². The molecule has 0 fully saturated rings. The Morgan fingerprint density at radius 1 is 0.727 bits per heavy atom. The molecule has 2 aromatic carbocycles. The Labute approximate surface area is 137 Å².